The number of anilines is 2. The van der Waals surface area contributed by atoms with Crippen molar-refractivity contribution in [2.45, 2.75) is 23.1 Å². The minimum atomic E-state index is -0.222. The molecule has 0 bridgehead atoms. The molecule has 32 heavy (non-hydrogen) atoms. The molecule has 0 atom stereocenters. The molecule has 1 aromatic heterocycles. The number of hydrogen-bond donors (Lipinski definition) is 2. The van der Waals surface area contributed by atoms with Crippen molar-refractivity contribution >= 4 is 45.7 Å². The largest absolute Gasteiger partial charge is 0.326 e. The molecule has 160 valence electrons. The fraction of sp³-hybridized carbons (Fsp3) is 0.0800. The number of carbonyl (C=O) groups is 2. The van der Waals surface area contributed by atoms with E-state index in [9.17, 15) is 9.59 Å². The number of carbonyl (C=O) groups excluding carboxylic acids is 2. The van der Waals surface area contributed by atoms with Crippen LogP contribution in [0.3, 0.4) is 0 Å². The van der Waals surface area contributed by atoms with Crippen molar-refractivity contribution in [3.05, 3.63) is 101 Å². The number of amides is 2. The molecule has 0 fully saturated rings. The SMILES string of the molecule is Cc1cc(Sc2ccccc2)ccc1NC(=O)Cc1csc(NC(=O)c2ccccc2)n1. The Bertz CT molecular complexity index is 1220. The second-order valence-corrected chi connectivity index (χ2v) is 9.09. The summed E-state index contributed by atoms with van der Waals surface area (Å²) in [6, 6.07) is 25.1. The second kappa shape index (κ2) is 10.3. The van der Waals surface area contributed by atoms with E-state index < -0.39 is 0 Å². The van der Waals surface area contributed by atoms with Gasteiger partial charge >= 0.3 is 0 Å². The summed E-state index contributed by atoms with van der Waals surface area (Å²) < 4.78 is 0. The van der Waals surface area contributed by atoms with Crippen molar-refractivity contribution in [3.8, 4) is 0 Å². The monoisotopic (exact) mass is 459 g/mol. The maximum absolute atomic E-state index is 12.5. The van der Waals surface area contributed by atoms with Crippen LogP contribution in [-0.4, -0.2) is 16.8 Å². The van der Waals surface area contributed by atoms with Gasteiger partial charge in [-0.3, -0.25) is 14.9 Å². The summed E-state index contributed by atoms with van der Waals surface area (Å²) >= 11 is 2.98. The Hall–Kier alpha value is -3.42. The first-order chi connectivity index (χ1) is 15.6. The number of nitrogens with one attached hydrogen (secondary N) is 2. The van der Waals surface area contributed by atoms with Gasteiger partial charge in [0.05, 0.1) is 12.1 Å². The Morgan fingerprint density at radius 1 is 0.906 bits per heavy atom. The van der Waals surface area contributed by atoms with Gasteiger partial charge in [-0.05, 0) is 55.0 Å². The molecular weight excluding hydrogens is 438 g/mol. The minimum absolute atomic E-state index is 0.137. The van der Waals surface area contributed by atoms with Crippen molar-refractivity contribution in [1.29, 1.82) is 0 Å². The van der Waals surface area contributed by atoms with Crippen LogP contribution in [0.15, 0.2) is 94.0 Å². The molecule has 2 amide bonds. The molecule has 2 N–H and O–H groups in total. The van der Waals surface area contributed by atoms with Crippen LogP contribution in [-0.2, 0) is 11.2 Å². The average molecular weight is 460 g/mol. The number of benzene rings is 3. The number of nitrogens with zero attached hydrogens (tertiary/aromatic N) is 1. The molecule has 0 saturated carbocycles. The highest BCUT2D eigenvalue weighted by atomic mass is 32.2. The topological polar surface area (TPSA) is 71.1 Å². The summed E-state index contributed by atoms with van der Waals surface area (Å²) in [5.74, 6) is -0.372. The molecule has 0 spiro atoms. The summed E-state index contributed by atoms with van der Waals surface area (Å²) in [6.45, 7) is 1.98. The molecule has 0 aliphatic rings. The zero-order valence-corrected chi connectivity index (χ0v) is 19.0. The van der Waals surface area contributed by atoms with Crippen molar-refractivity contribution in [1.82, 2.24) is 4.98 Å². The third-order valence-electron chi connectivity index (χ3n) is 4.60. The fourth-order valence-electron chi connectivity index (χ4n) is 3.03. The van der Waals surface area contributed by atoms with E-state index >= 15 is 0 Å². The molecule has 0 saturated heterocycles. The van der Waals surface area contributed by atoms with E-state index in [1.165, 1.54) is 16.2 Å². The maximum Gasteiger partial charge on any atom is 0.257 e. The van der Waals surface area contributed by atoms with Gasteiger partial charge in [0.25, 0.3) is 5.91 Å². The van der Waals surface area contributed by atoms with E-state index in [4.69, 9.17) is 0 Å². The zero-order chi connectivity index (χ0) is 22.3. The van der Waals surface area contributed by atoms with E-state index in [2.05, 4.69) is 33.8 Å². The Morgan fingerprint density at radius 3 is 2.34 bits per heavy atom. The summed E-state index contributed by atoms with van der Waals surface area (Å²) in [5.41, 5.74) is 2.95. The van der Waals surface area contributed by atoms with E-state index in [1.807, 2.05) is 43.3 Å². The Morgan fingerprint density at radius 2 is 1.62 bits per heavy atom. The highest BCUT2D eigenvalue weighted by molar-refractivity contribution is 7.99. The quantitative estimate of drug-likeness (QED) is 0.354. The maximum atomic E-state index is 12.5. The fourth-order valence-corrected chi connectivity index (χ4v) is 4.67. The predicted molar refractivity (Wildman–Crippen MR) is 131 cm³/mol. The minimum Gasteiger partial charge on any atom is -0.326 e. The lowest BCUT2D eigenvalue weighted by molar-refractivity contribution is -0.115. The van der Waals surface area contributed by atoms with Crippen molar-refractivity contribution < 1.29 is 9.59 Å². The van der Waals surface area contributed by atoms with Crippen LogP contribution in [0.25, 0.3) is 0 Å². The molecule has 3 aromatic carbocycles. The Labute approximate surface area is 194 Å². The van der Waals surface area contributed by atoms with Crippen LogP contribution in [0.2, 0.25) is 0 Å². The molecule has 4 rings (SSSR count). The molecule has 7 heteroatoms. The first-order valence-corrected chi connectivity index (χ1v) is 11.7. The van der Waals surface area contributed by atoms with Gasteiger partial charge in [0, 0.05) is 26.4 Å². The standard InChI is InChI=1S/C25H21N3O2S2/c1-17-14-21(32-20-10-6-3-7-11-20)12-13-22(17)27-23(29)15-19-16-31-25(26-19)28-24(30)18-8-4-2-5-9-18/h2-14,16H,15H2,1H3,(H,27,29)(H,26,28,30). The van der Waals surface area contributed by atoms with Gasteiger partial charge in [0.2, 0.25) is 5.91 Å². The Kier molecular flexibility index (Phi) is 6.99. The van der Waals surface area contributed by atoms with Crippen LogP contribution < -0.4 is 10.6 Å². The van der Waals surface area contributed by atoms with E-state index in [0.29, 0.717) is 16.4 Å². The second-order valence-electron chi connectivity index (χ2n) is 7.08. The van der Waals surface area contributed by atoms with Crippen LogP contribution in [0.1, 0.15) is 21.6 Å². The van der Waals surface area contributed by atoms with Crippen molar-refractivity contribution in [3.63, 3.8) is 0 Å². The molecule has 0 aliphatic heterocycles. The first-order valence-electron chi connectivity index (χ1n) is 10.0. The van der Waals surface area contributed by atoms with Crippen LogP contribution in [0.5, 0.6) is 0 Å². The number of thiazole rings is 1. The number of hydrogen-bond acceptors (Lipinski definition) is 5. The van der Waals surface area contributed by atoms with Crippen LogP contribution in [0, 0.1) is 6.92 Å². The summed E-state index contributed by atoms with van der Waals surface area (Å²) in [7, 11) is 0. The van der Waals surface area contributed by atoms with Crippen LogP contribution in [0.4, 0.5) is 10.8 Å². The molecule has 0 aliphatic carbocycles. The smallest absolute Gasteiger partial charge is 0.257 e. The lowest BCUT2D eigenvalue weighted by atomic mass is 10.2. The highest BCUT2D eigenvalue weighted by Crippen LogP contribution is 2.30. The van der Waals surface area contributed by atoms with E-state index in [-0.39, 0.29) is 18.2 Å². The number of aromatic nitrogens is 1. The normalized spacial score (nSPS) is 10.5. The van der Waals surface area contributed by atoms with Crippen LogP contribution >= 0.6 is 23.1 Å². The molecule has 1 heterocycles. The molecule has 5 nitrogen and oxygen atoms in total. The average Bonchev–Trinajstić information content (AvgIpc) is 3.23. The Balaban J connectivity index is 1.33. The summed E-state index contributed by atoms with van der Waals surface area (Å²) in [4.78, 5) is 31.4. The molecule has 0 unspecified atom stereocenters. The van der Waals surface area contributed by atoms with Gasteiger partial charge in [-0.2, -0.15) is 0 Å². The van der Waals surface area contributed by atoms with Gasteiger partial charge in [0.1, 0.15) is 0 Å². The molecular formula is C25H21N3O2S2. The first kappa shape index (κ1) is 21.8. The lowest BCUT2D eigenvalue weighted by Crippen LogP contribution is -2.15. The number of aryl methyl sites for hydroxylation is 1. The highest BCUT2D eigenvalue weighted by Gasteiger charge is 2.12. The number of rotatable bonds is 7. The third-order valence-corrected chi connectivity index (χ3v) is 6.40. The van der Waals surface area contributed by atoms with Gasteiger partial charge in [-0.15, -0.1) is 11.3 Å². The summed E-state index contributed by atoms with van der Waals surface area (Å²) in [5, 5.41) is 7.98. The molecule has 0 radical (unpaired) electrons. The van der Waals surface area contributed by atoms with E-state index in [0.717, 1.165) is 16.1 Å². The predicted octanol–water partition coefficient (Wildman–Crippen LogP) is 6.04. The lowest BCUT2D eigenvalue weighted by Gasteiger charge is -2.10. The van der Waals surface area contributed by atoms with Crippen molar-refractivity contribution in [2.24, 2.45) is 0 Å². The third kappa shape index (κ3) is 5.84. The van der Waals surface area contributed by atoms with Gasteiger partial charge in [-0.1, -0.05) is 48.2 Å². The van der Waals surface area contributed by atoms with Gasteiger partial charge in [0.15, 0.2) is 5.13 Å². The zero-order valence-electron chi connectivity index (χ0n) is 17.4. The summed E-state index contributed by atoms with van der Waals surface area (Å²) in [6.07, 6.45) is 0.137. The molecule has 4 aromatic rings. The van der Waals surface area contributed by atoms with Gasteiger partial charge in [-0.25, -0.2) is 4.98 Å². The van der Waals surface area contributed by atoms with E-state index in [1.54, 1.807) is 41.4 Å². The van der Waals surface area contributed by atoms with Crippen molar-refractivity contribution in [2.75, 3.05) is 10.6 Å². The van der Waals surface area contributed by atoms with Gasteiger partial charge < -0.3 is 5.32 Å².